The SMILES string of the molecule is CN=C(NCCCCC1CCCC1)N1CCN(CC(=O)NC2CC2)CC1.I. The number of guanidine groups is 1. The molecule has 1 heterocycles. The number of carbonyl (C=O) groups excluding carboxylic acids is 1. The quantitative estimate of drug-likeness (QED) is 0.237. The van der Waals surface area contributed by atoms with Crippen molar-refractivity contribution in [2.45, 2.75) is 63.8 Å². The molecule has 2 N–H and O–H groups in total. The minimum absolute atomic E-state index is 0. The van der Waals surface area contributed by atoms with E-state index < -0.39 is 0 Å². The molecule has 0 aromatic heterocycles. The second kappa shape index (κ2) is 12.1. The molecule has 0 radical (unpaired) electrons. The van der Waals surface area contributed by atoms with Crippen LogP contribution >= 0.6 is 24.0 Å². The molecule has 0 atom stereocenters. The molecule has 1 amide bonds. The molecule has 1 saturated heterocycles. The topological polar surface area (TPSA) is 60.0 Å². The van der Waals surface area contributed by atoms with Crippen molar-refractivity contribution in [3.05, 3.63) is 0 Å². The number of halogens is 1. The zero-order valence-electron chi connectivity index (χ0n) is 16.9. The average molecular weight is 491 g/mol. The number of amides is 1. The number of carbonyl (C=O) groups is 1. The van der Waals surface area contributed by atoms with E-state index in [2.05, 4.69) is 25.4 Å². The predicted octanol–water partition coefficient (Wildman–Crippen LogP) is 2.44. The molecule has 27 heavy (non-hydrogen) atoms. The third-order valence-electron chi connectivity index (χ3n) is 5.99. The van der Waals surface area contributed by atoms with Crippen LogP contribution in [-0.4, -0.2) is 74.0 Å². The smallest absolute Gasteiger partial charge is 0.234 e. The summed E-state index contributed by atoms with van der Waals surface area (Å²) in [6, 6.07) is 0.459. The molecule has 0 aromatic carbocycles. The van der Waals surface area contributed by atoms with Crippen LogP contribution in [0, 0.1) is 5.92 Å². The lowest BCUT2D eigenvalue weighted by Gasteiger charge is -2.36. The summed E-state index contributed by atoms with van der Waals surface area (Å²) < 4.78 is 0. The maximum Gasteiger partial charge on any atom is 0.234 e. The molecule has 3 aliphatic rings. The summed E-state index contributed by atoms with van der Waals surface area (Å²) in [4.78, 5) is 21.0. The van der Waals surface area contributed by atoms with Gasteiger partial charge < -0.3 is 15.5 Å². The molecule has 6 nitrogen and oxygen atoms in total. The number of piperazine rings is 1. The largest absolute Gasteiger partial charge is 0.356 e. The Hall–Kier alpha value is -0.570. The van der Waals surface area contributed by atoms with Gasteiger partial charge in [0.1, 0.15) is 0 Å². The lowest BCUT2D eigenvalue weighted by Crippen LogP contribution is -2.54. The van der Waals surface area contributed by atoms with Crippen molar-refractivity contribution in [2.24, 2.45) is 10.9 Å². The Morgan fingerprint density at radius 3 is 2.37 bits per heavy atom. The van der Waals surface area contributed by atoms with Crippen LogP contribution < -0.4 is 10.6 Å². The Balaban J connectivity index is 0.00000261. The Kier molecular flexibility index (Phi) is 10.2. The third-order valence-corrected chi connectivity index (χ3v) is 5.99. The Morgan fingerprint density at radius 2 is 1.74 bits per heavy atom. The molecule has 1 aliphatic heterocycles. The van der Waals surface area contributed by atoms with Gasteiger partial charge in [-0.3, -0.25) is 14.7 Å². The predicted molar refractivity (Wildman–Crippen MR) is 122 cm³/mol. The highest BCUT2D eigenvalue weighted by molar-refractivity contribution is 14.0. The summed E-state index contributed by atoms with van der Waals surface area (Å²) in [6.07, 6.45) is 12.1. The molecular formula is C20H38IN5O. The first-order valence-electron chi connectivity index (χ1n) is 10.7. The molecule has 0 unspecified atom stereocenters. The molecule has 156 valence electrons. The fraction of sp³-hybridized carbons (Fsp3) is 0.900. The van der Waals surface area contributed by atoms with Crippen molar-refractivity contribution in [3.63, 3.8) is 0 Å². The second-order valence-electron chi connectivity index (χ2n) is 8.23. The van der Waals surface area contributed by atoms with Crippen LogP contribution in [0.15, 0.2) is 4.99 Å². The van der Waals surface area contributed by atoms with Gasteiger partial charge in [0.15, 0.2) is 5.96 Å². The van der Waals surface area contributed by atoms with Gasteiger partial charge in [-0.1, -0.05) is 38.5 Å². The highest BCUT2D eigenvalue weighted by Gasteiger charge is 2.25. The van der Waals surface area contributed by atoms with Crippen molar-refractivity contribution in [3.8, 4) is 0 Å². The van der Waals surface area contributed by atoms with Crippen LogP contribution in [0.2, 0.25) is 0 Å². The summed E-state index contributed by atoms with van der Waals surface area (Å²) in [5.74, 6) is 2.21. The first-order valence-corrected chi connectivity index (χ1v) is 10.7. The number of unbranched alkanes of at least 4 members (excludes halogenated alkanes) is 1. The van der Waals surface area contributed by atoms with Gasteiger partial charge in [0.05, 0.1) is 6.54 Å². The molecule has 2 saturated carbocycles. The van der Waals surface area contributed by atoms with Gasteiger partial charge in [-0.25, -0.2) is 0 Å². The van der Waals surface area contributed by atoms with Gasteiger partial charge in [0.2, 0.25) is 5.91 Å². The Morgan fingerprint density at radius 1 is 1.04 bits per heavy atom. The first-order chi connectivity index (χ1) is 12.7. The Bertz CT molecular complexity index is 469. The van der Waals surface area contributed by atoms with E-state index in [0.717, 1.165) is 57.4 Å². The van der Waals surface area contributed by atoms with Gasteiger partial charge in [0, 0.05) is 45.8 Å². The summed E-state index contributed by atoms with van der Waals surface area (Å²) in [7, 11) is 1.87. The van der Waals surface area contributed by atoms with E-state index in [-0.39, 0.29) is 29.9 Å². The van der Waals surface area contributed by atoms with Crippen molar-refractivity contribution in [2.75, 3.05) is 46.3 Å². The molecule has 3 rings (SSSR count). The average Bonchev–Trinajstić information content (AvgIpc) is 3.30. The number of rotatable bonds is 8. The first kappa shape index (κ1) is 22.7. The van der Waals surface area contributed by atoms with Crippen molar-refractivity contribution in [1.82, 2.24) is 20.4 Å². The Labute approximate surface area is 181 Å². The molecule has 0 bridgehead atoms. The zero-order chi connectivity index (χ0) is 18.2. The van der Waals surface area contributed by atoms with E-state index >= 15 is 0 Å². The lowest BCUT2D eigenvalue weighted by atomic mass is 10.0. The summed E-state index contributed by atoms with van der Waals surface area (Å²) in [5, 5.41) is 6.61. The second-order valence-corrected chi connectivity index (χ2v) is 8.23. The number of hydrogen-bond donors (Lipinski definition) is 2. The van der Waals surface area contributed by atoms with Gasteiger partial charge in [-0.2, -0.15) is 0 Å². The van der Waals surface area contributed by atoms with Crippen LogP contribution in [0.3, 0.4) is 0 Å². The monoisotopic (exact) mass is 491 g/mol. The summed E-state index contributed by atoms with van der Waals surface area (Å²) in [6.45, 7) is 5.30. The van der Waals surface area contributed by atoms with Crippen molar-refractivity contribution in [1.29, 1.82) is 0 Å². The molecule has 0 aromatic rings. The van der Waals surface area contributed by atoms with E-state index in [4.69, 9.17) is 0 Å². The maximum absolute atomic E-state index is 11.9. The van der Waals surface area contributed by atoms with E-state index in [0.29, 0.717) is 12.6 Å². The molecule has 0 spiro atoms. The van der Waals surface area contributed by atoms with E-state index in [9.17, 15) is 4.79 Å². The highest BCUT2D eigenvalue weighted by Crippen LogP contribution is 2.28. The van der Waals surface area contributed by atoms with Crippen molar-refractivity contribution >= 4 is 35.8 Å². The summed E-state index contributed by atoms with van der Waals surface area (Å²) >= 11 is 0. The normalized spacial score (nSPS) is 21.8. The molecule has 2 aliphatic carbocycles. The molecular weight excluding hydrogens is 453 g/mol. The fourth-order valence-electron chi connectivity index (χ4n) is 4.21. The highest BCUT2D eigenvalue weighted by atomic mass is 127. The van der Waals surface area contributed by atoms with Crippen LogP contribution in [0.25, 0.3) is 0 Å². The van der Waals surface area contributed by atoms with E-state index in [1.54, 1.807) is 0 Å². The number of aliphatic imine (C=N–C) groups is 1. The van der Waals surface area contributed by atoms with Crippen LogP contribution in [-0.2, 0) is 4.79 Å². The van der Waals surface area contributed by atoms with Gasteiger partial charge >= 0.3 is 0 Å². The third kappa shape index (κ3) is 8.13. The zero-order valence-corrected chi connectivity index (χ0v) is 19.2. The van der Waals surface area contributed by atoms with Crippen LogP contribution in [0.1, 0.15) is 57.8 Å². The maximum atomic E-state index is 11.9. The van der Waals surface area contributed by atoms with E-state index in [1.807, 2.05) is 7.05 Å². The van der Waals surface area contributed by atoms with E-state index in [1.165, 1.54) is 44.9 Å². The number of hydrogen-bond acceptors (Lipinski definition) is 3. The van der Waals surface area contributed by atoms with Crippen LogP contribution in [0.5, 0.6) is 0 Å². The van der Waals surface area contributed by atoms with Crippen molar-refractivity contribution < 1.29 is 4.79 Å². The number of nitrogens with zero attached hydrogens (tertiary/aromatic N) is 3. The molecule has 3 fully saturated rings. The van der Waals surface area contributed by atoms with Gasteiger partial charge in [0.25, 0.3) is 0 Å². The van der Waals surface area contributed by atoms with Crippen LogP contribution in [0.4, 0.5) is 0 Å². The number of nitrogens with one attached hydrogen (secondary N) is 2. The molecule has 7 heteroatoms. The summed E-state index contributed by atoms with van der Waals surface area (Å²) in [5.41, 5.74) is 0. The minimum Gasteiger partial charge on any atom is -0.356 e. The van der Waals surface area contributed by atoms with Gasteiger partial charge in [-0.05, 0) is 25.2 Å². The standard InChI is InChI=1S/C20H37N5O.HI/c1-21-20(22-11-5-4-8-17-6-2-3-7-17)25-14-12-24(13-15-25)16-19(26)23-18-9-10-18;/h17-18H,2-16H2,1H3,(H,21,22)(H,23,26);1H. The fourth-order valence-corrected chi connectivity index (χ4v) is 4.21. The van der Waals surface area contributed by atoms with Gasteiger partial charge in [-0.15, -0.1) is 24.0 Å². The minimum atomic E-state index is 0. The lowest BCUT2D eigenvalue weighted by molar-refractivity contribution is -0.122.